The van der Waals surface area contributed by atoms with E-state index >= 15 is 0 Å². The molecule has 0 aliphatic heterocycles. The molecular weight excluding hydrogens is 303 g/mol. The summed E-state index contributed by atoms with van der Waals surface area (Å²) in [5, 5.41) is 0. The van der Waals surface area contributed by atoms with Crippen LogP contribution in [0.3, 0.4) is 0 Å². The molecule has 1 rings (SSSR count). The standard InChI is InChI=1S/C8H4BrClF4O/c9-5-3-4(11)1-2-6(5)15-8(13,14)7(10)12/h1-3,7H. The van der Waals surface area contributed by atoms with Crippen molar-refractivity contribution in [2.45, 2.75) is 11.7 Å². The van der Waals surface area contributed by atoms with E-state index in [4.69, 9.17) is 0 Å². The number of ether oxygens (including phenoxy) is 1. The van der Waals surface area contributed by atoms with Gasteiger partial charge in [0.05, 0.1) is 4.47 Å². The van der Waals surface area contributed by atoms with Crippen LogP contribution in [-0.2, 0) is 0 Å². The van der Waals surface area contributed by atoms with Crippen molar-refractivity contribution in [2.75, 3.05) is 0 Å². The third kappa shape index (κ3) is 3.24. The predicted molar refractivity (Wildman–Crippen MR) is 50.4 cm³/mol. The number of hydrogen-bond acceptors (Lipinski definition) is 1. The summed E-state index contributed by atoms with van der Waals surface area (Å²) in [4.78, 5) is 0. The molecule has 0 aliphatic rings. The quantitative estimate of drug-likeness (QED) is 0.603. The Bertz CT molecular complexity index is 358. The lowest BCUT2D eigenvalue weighted by Gasteiger charge is -2.18. The van der Waals surface area contributed by atoms with Crippen LogP contribution >= 0.6 is 27.5 Å². The van der Waals surface area contributed by atoms with E-state index in [0.29, 0.717) is 0 Å². The van der Waals surface area contributed by atoms with E-state index in [1.54, 1.807) is 0 Å². The molecule has 0 aliphatic carbocycles. The average Bonchev–Trinajstić information content (AvgIpc) is 2.09. The van der Waals surface area contributed by atoms with Crippen molar-refractivity contribution in [3.05, 3.63) is 28.5 Å². The molecule has 0 fully saturated rings. The fourth-order valence-corrected chi connectivity index (χ4v) is 1.23. The Kier molecular flexibility index (Phi) is 3.83. The summed E-state index contributed by atoms with van der Waals surface area (Å²) in [7, 11) is 0. The van der Waals surface area contributed by atoms with E-state index in [1.807, 2.05) is 0 Å². The van der Waals surface area contributed by atoms with Gasteiger partial charge in [-0.3, -0.25) is 0 Å². The second kappa shape index (κ2) is 4.57. The number of alkyl halides is 4. The molecule has 0 heterocycles. The highest BCUT2D eigenvalue weighted by Crippen LogP contribution is 2.33. The van der Waals surface area contributed by atoms with Gasteiger partial charge in [-0.2, -0.15) is 8.78 Å². The molecule has 7 heteroatoms. The molecule has 0 spiro atoms. The van der Waals surface area contributed by atoms with Crippen molar-refractivity contribution in [3.8, 4) is 5.75 Å². The molecule has 1 atom stereocenters. The highest BCUT2D eigenvalue weighted by atomic mass is 79.9. The van der Waals surface area contributed by atoms with Crippen LogP contribution in [0.5, 0.6) is 5.75 Å². The molecule has 1 aromatic carbocycles. The Labute approximate surface area is 96.1 Å². The highest BCUT2D eigenvalue weighted by molar-refractivity contribution is 9.10. The van der Waals surface area contributed by atoms with Crippen LogP contribution in [0.4, 0.5) is 17.6 Å². The second-order valence-electron chi connectivity index (χ2n) is 2.54. The Morgan fingerprint density at radius 1 is 1.40 bits per heavy atom. The van der Waals surface area contributed by atoms with E-state index in [-0.39, 0.29) is 4.47 Å². The van der Waals surface area contributed by atoms with Crippen LogP contribution in [0.1, 0.15) is 0 Å². The molecule has 0 N–H and O–H groups in total. The van der Waals surface area contributed by atoms with Crippen LogP contribution in [0.15, 0.2) is 22.7 Å². The van der Waals surface area contributed by atoms with Gasteiger partial charge >= 0.3 is 6.11 Å². The highest BCUT2D eigenvalue weighted by Gasteiger charge is 2.42. The molecule has 84 valence electrons. The first-order chi connectivity index (χ1) is 6.83. The zero-order valence-corrected chi connectivity index (χ0v) is 9.33. The molecular formula is C8H4BrClF4O. The molecule has 1 aromatic rings. The van der Waals surface area contributed by atoms with E-state index in [1.165, 1.54) is 0 Å². The topological polar surface area (TPSA) is 9.23 Å². The summed E-state index contributed by atoms with van der Waals surface area (Å²) in [6, 6.07) is 2.75. The van der Waals surface area contributed by atoms with Gasteiger partial charge < -0.3 is 4.74 Å². The third-order valence-corrected chi connectivity index (χ3v) is 2.27. The van der Waals surface area contributed by atoms with Gasteiger partial charge in [0, 0.05) is 0 Å². The van der Waals surface area contributed by atoms with Crippen molar-refractivity contribution in [2.24, 2.45) is 0 Å². The van der Waals surface area contributed by atoms with Crippen molar-refractivity contribution in [1.82, 2.24) is 0 Å². The molecule has 0 amide bonds. The Morgan fingerprint density at radius 3 is 2.47 bits per heavy atom. The first-order valence-corrected chi connectivity index (χ1v) is 4.86. The third-order valence-electron chi connectivity index (χ3n) is 1.39. The number of rotatable bonds is 3. The number of benzene rings is 1. The summed E-state index contributed by atoms with van der Waals surface area (Å²) >= 11 is 7.36. The maximum absolute atomic E-state index is 12.7. The Morgan fingerprint density at radius 2 is 2.00 bits per heavy atom. The van der Waals surface area contributed by atoms with Crippen molar-refractivity contribution >= 4 is 27.5 Å². The lowest BCUT2D eigenvalue weighted by atomic mass is 10.3. The van der Waals surface area contributed by atoms with Gasteiger partial charge in [-0.1, -0.05) is 11.6 Å². The number of hydrogen-bond donors (Lipinski definition) is 0. The van der Waals surface area contributed by atoms with Crippen molar-refractivity contribution < 1.29 is 22.3 Å². The zero-order chi connectivity index (χ0) is 11.6. The maximum Gasteiger partial charge on any atom is 0.444 e. The van der Waals surface area contributed by atoms with E-state index in [2.05, 4.69) is 32.3 Å². The van der Waals surface area contributed by atoms with Gasteiger partial charge in [-0.25, -0.2) is 8.78 Å². The van der Waals surface area contributed by atoms with Gasteiger partial charge in [0.15, 0.2) is 0 Å². The molecule has 15 heavy (non-hydrogen) atoms. The summed E-state index contributed by atoms with van der Waals surface area (Å²) in [5.41, 5.74) is -2.98. The van der Waals surface area contributed by atoms with E-state index in [0.717, 1.165) is 18.2 Å². The van der Waals surface area contributed by atoms with Crippen molar-refractivity contribution in [3.63, 3.8) is 0 Å². The Balaban J connectivity index is 2.90. The SMILES string of the molecule is Fc1ccc(OC(F)(F)C(F)Cl)c(Br)c1. The first-order valence-electron chi connectivity index (χ1n) is 3.63. The minimum absolute atomic E-state index is 0.0560. The van der Waals surface area contributed by atoms with Crippen LogP contribution < -0.4 is 4.74 Å². The predicted octanol–water partition coefficient (Wildman–Crippen LogP) is 4.09. The zero-order valence-electron chi connectivity index (χ0n) is 6.99. The molecule has 1 nitrogen and oxygen atoms in total. The fraction of sp³-hybridized carbons (Fsp3) is 0.250. The smallest absolute Gasteiger partial charge is 0.428 e. The first kappa shape index (κ1) is 12.6. The Hall–Kier alpha value is -0.490. The minimum Gasteiger partial charge on any atom is -0.428 e. The molecule has 0 saturated heterocycles. The molecule has 0 saturated carbocycles. The van der Waals surface area contributed by atoms with E-state index < -0.39 is 23.3 Å². The monoisotopic (exact) mass is 306 g/mol. The van der Waals surface area contributed by atoms with Gasteiger partial charge in [0.2, 0.25) is 0 Å². The van der Waals surface area contributed by atoms with Crippen LogP contribution in [-0.4, -0.2) is 11.7 Å². The second-order valence-corrected chi connectivity index (χ2v) is 3.78. The summed E-state index contributed by atoms with van der Waals surface area (Å²) in [5.74, 6) is -1.04. The average molecular weight is 307 g/mol. The van der Waals surface area contributed by atoms with Gasteiger partial charge in [0.1, 0.15) is 11.6 Å². The number of halogens is 6. The largest absolute Gasteiger partial charge is 0.444 e. The van der Waals surface area contributed by atoms with Crippen LogP contribution in [0.25, 0.3) is 0 Å². The fourth-order valence-electron chi connectivity index (χ4n) is 0.749. The lowest BCUT2D eigenvalue weighted by Crippen LogP contribution is -2.32. The maximum atomic E-state index is 12.7. The molecule has 0 bridgehead atoms. The van der Waals surface area contributed by atoms with Gasteiger partial charge in [0.25, 0.3) is 5.63 Å². The molecule has 0 radical (unpaired) electrons. The van der Waals surface area contributed by atoms with Gasteiger partial charge in [-0.15, -0.1) is 0 Å². The summed E-state index contributed by atoms with van der Waals surface area (Å²) in [6.07, 6.45) is -4.16. The van der Waals surface area contributed by atoms with Crippen LogP contribution in [0, 0.1) is 5.82 Å². The normalized spacial score (nSPS) is 13.7. The molecule has 0 aromatic heterocycles. The summed E-state index contributed by atoms with van der Waals surface area (Å²) < 4.78 is 54.0. The molecule has 1 unspecified atom stereocenters. The summed E-state index contributed by atoms with van der Waals surface area (Å²) in [6.45, 7) is 0. The van der Waals surface area contributed by atoms with Crippen molar-refractivity contribution in [1.29, 1.82) is 0 Å². The van der Waals surface area contributed by atoms with Gasteiger partial charge in [-0.05, 0) is 34.1 Å². The minimum atomic E-state index is -4.16. The van der Waals surface area contributed by atoms with E-state index in [9.17, 15) is 17.6 Å². The lowest BCUT2D eigenvalue weighted by molar-refractivity contribution is -0.199. The van der Waals surface area contributed by atoms with Crippen LogP contribution in [0.2, 0.25) is 0 Å².